The molecule has 0 bridgehead atoms. The molecule has 1 aromatic carbocycles. The molecule has 1 aromatic rings. The number of ether oxygens (including phenoxy) is 1. The van der Waals surface area contributed by atoms with Gasteiger partial charge in [0.15, 0.2) is 0 Å². The average Bonchev–Trinajstić information content (AvgIpc) is 2.63. The number of benzene rings is 1. The van der Waals surface area contributed by atoms with Crippen LogP contribution in [-0.4, -0.2) is 69.5 Å². The van der Waals surface area contributed by atoms with Gasteiger partial charge in [0.25, 0.3) is 0 Å². The molecule has 2 aliphatic rings. The third-order valence-electron chi connectivity index (χ3n) is 5.40. The summed E-state index contributed by atoms with van der Waals surface area (Å²) in [5.41, 5.74) is 1.40. The van der Waals surface area contributed by atoms with Gasteiger partial charge >= 0.3 is 0 Å². The lowest BCUT2D eigenvalue weighted by Gasteiger charge is -2.34. The number of rotatable bonds is 5. The van der Waals surface area contributed by atoms with E-state index in [1.165, 1.54) is 10.7 Å². The summed E-state index contributed by atoms with van der Waals surface area (Å²) in [6.07, 6.45) is 1.19. The highest BCUT2D eigenvalue weighted by Crippen LogP contribution is 2.24. The monoisotopic (exact) mass is 409 g/mol. The van der Waals surface area contributed by atoms with Crippen molar-refractivity contribution in [1.82, 2.24) is 9.21 Å². The van der Waals surface area contributed by atoms with Gasteiger partial charge < -0.3 is 10.1 Å². The van der Waals surface area contributed by atoms with Gasteiger partial charge in [0, 0.05) is 31.9 Å². The van der Waals surface area contributed by atoms with Gasteiger partial charge in [0.1, 0.15) is 0 Å². The quantitative estimate of drug-likeness (QED) is 0.804. The van der Waals surface area contributed by atoms with Gasteiger partial charge in [0.05, 0.1) is 24.7 Å². The van der Waals surface area contributed by atoms with Crippen LogP contribution in [0.5, 0.6) is 0 Å². The Kier molecular flexibility index (Phi) is 6.75. The van der Waals surface area contributed by atoms with E-state index in [9.17, 15) is 13.2 Å². The van der Waals surface area contributed by atoms with Crippen molar-refractivity contribution in [2.24, 2.45) is 11.8 Å². The summed E-state index contributed by atoms with van der Waals surface area (Å²) in [6.45, 7) is 9.97. The number of amides is 1. The molecule has 2 fully saturated rings. The molecule has 156 valence electrons. The second-order valence-corrected chi connectivity index (χ2v) is 10.1. The molecule has 1 N–H and O–H groups in total. The van der Waals surface area contributed by atoms with Gasteiger partial charge in [-0.1, -0.05) is 19.9 Å². The number of hydrogen-bond donors (Lipinski definition) is 1. The number of aryl methyl sites for hydroxylation is 1. The van der Waals surface area contributed by atoms with Gasteiger partial charge in [-0.3, -0.25) is 9.69 Å². The topological polar surface area (TPSA) is 79.0 Å². The van der Waals surface area contributed by atoms with Gasteiger partial charge in [-0.15, -0.1) is 0 Å². The molecule has 28 heavy (non-hydrogen) atoms. The first-order chi connectivity index (χ1) is 13.3. The van der Waals surface area contributed by atoms with Crippen LogP contribution in [0.1, 0.15) is 25.8 Å². The first-order valence-electron chi connectivity index (χ1n) is 9.96. The van der Waals surface area contributed by atoms with Crippen molar-refractivity contribution in [1.29, 1.82) is 0 Å². The van der Waals surface area contributed by atoms with Crippen LogP contribution in [0.2, 0.25) is 0 Å². The van der Waals surface area contributed by atoms with Crippen molar-refractivity contribution in [3.8, 4) is 0 Å². The fourth-order valence-corrected chi connectivity index (χ4v) is 5.58. The van der Waals surface area contributed by atoms with Crippen molar-refractivity contribution < 1.29 is 17.9 Å². The molecule has 0 aliphatic carbocycles. The molecule has 3 rings (SSSR count). The highest BCUT2D eigenvalue weighted by atomic mass is 32.2. The van der Waals surface area contributed by atoms with E-state index in [1.807, 2.05) is 6.92 Å². The fraction of sp³-hybridized carbons (Fsp3) is 0.650. The number of hydrogen-bond acceptors (Lipinski definition) is 5. The highest BCUT2D eigenvalue weighted by molar-refractivity contribution is 7.89. The van der Waals surface area contributed by atoms with E-state index in [0.717, 1.165) is 18.7 Å². The number of morpholine rings is 1. The Bertz CT molecular complexity index is 796. The van der Waals surface area contributed by atoms with E-state index >= 15 is 0 Å². The zero-order chi connectivity index (χ0) is 20.3. The summed E-state index contributed by atoms with van der Waals surface area (Å²) in [6, 6.07) is 4.91. The Morgan fingerprint density at radius 1 is 1.18 bits per heavy atom. The second kappa shape index (κ2) is 8.90. The van der Waals surface area contributed by atoms with Crippen LogP contribution in [-0.2, 0) is 19.6 Å². The molecular formula is C20H31N3O4S. The van der Waals surface area contributed by atoms with E-state index in [-0.39, 0.29) is 10.8 Å². The van der Waals surface area contributed by atoms with Gasteiger partial charge in [-0.25, -0.2) is 8.42 Å². The number of nitrogens with one attached hydrogen (secondary N) is 1. The summed E-state index contributed by atoms with van der Waals surface area (Å²) < 4.78 is 32.4. The van der Waals surface area contributed by atoms with Crippen LogP contribution in [0, 0.1) is 18.8 Å². The van der Waals surface area contributed by atoms with Crippen molar-refractivity contribution in [3.05, 3.63) is 23.8 Å². The second-order valence-electron chi connectivity index (χ2n) is 8.18. The molecule has 0 radical (unpaired) electrons. The Labute approximate surface area is 168 Å². The molecule has 2 atom stereocenters. The smallest absolute Gasteiger partial charge is 0.243 e. The van der Waals surface area contributed by atoms with E-state index in [1.54, 1.807) is 18.2 Å². The number of sulfonamides is 1. The molecule has 8 heteroatoms. The largest absolute Gasteiger partial charge is 0.379 e. The van der Waals surface area contributed by atoms with Crippen LogP contribution >= 0.6 is 0 Å². The number of piperidine rings is 1. The van der Waals surface area contributed by atoms with E-state index < -0.39 is 10.0 Å². The number of carbonyl (C=O) groups excluding carboxylic acids is 1. The molecule has 0 aromatic heterocycles. The molecule has 0 spiro atoms. The fourth-order valence-electron chi connectivity index (χ4n) is 4.15. The summed E-state index contributed by atoms with van der Waals surface area (Å²) in [4.78, 5) is 15.0. The maximum absolute atomic E-state index is 12.9. The lowest BCUT2D eigenvalue weighted by molar-refractivity contribution is -0.117. The maximum Gasteiger partial charge on any atom is 0.243 e. The standard InChI is InChI=1S/C20H31N3O4S/c1-15-10-16(2)13-22(12-15)14-20(24)21-19-11-18(5-4-17(19)3)28(25,26)23-6-8-27-9-7-23/h4-5,11,15-16H,6-10,12-14H2,1-3H3,(H,21,24)/t15-,16-/m1/s1. The Morgan fingerprint density at radius 3 is 2.46 bits per heavy atom. The molecule has 2 heterocycles. The van der Waals surface area contributed by atoms with Crippen LogP contribution in [0.4, 0.5) is 5.69 Å². The van der Waals surface area contributed by atoms with Gasteiger partial charge in [0.2, 0.25) is 15.9 Å². The zero-order valence-corrected chi connectivity index (χ0v) is 17.8. The molecule has 2 aliphatic heterocycles. The average molecular weight is 410 g/mol. The minimum atomic E-state index is -3.59. The SMILES string of the molecule is Cc1ccc(S(=O)(=O)N2CCOCC2)cc1NC(=O)CN1C[C@H](C)C[C@@H](C)C1. The highest BCUT2D eigenvalue weighted by Gasteiger charge is 2.27. The molecule has 7 nitrogen and oxygen atoms in total. The van der Waals surface area contributed by atoms with E-state index in [2.05, 4.69) is 24.1 Å². The molecule has 2 saturated heterocycles. The van der Waals surface area contributed by atoms with Crippen LogP contribution in [0.25, 0.3) is 0 Å². The van der Waals surface area contributed by atoms with Crippen LogP contribution in [0.15, 0.2) is 23.1 Å². The minimum Gasteiger partial charge on any atom is -0.379 e. The van der Waals surface area contributed by atoms with Crippen LogP contribution in [0.3, 0.4) is 0 Å². The predicted octanol–water partition coefficient (Wildman–Crippen LogP) is 1.93. The molecule has 0 unspecified atom stereocenters. The minimum absolute atomic E-state index is 0.106. The maximum atomic E-state index is 12.9. The first-order valence-corrected chi connectivity index (χ1v) is 11.4. The number of likely N-dealkylation sites (tertiary alicyclic amines) is 1. The van der Waals surface area contributed by atoms with Crippen molar-refractivity contribution in [2.75, 3.05) is 51.3 Å². The Balaban J connectivity index is 1.70. The predicted molar refractivity (Wildman–Crippen MR) is 109 cm³/mol. The molecule has 1 amide bonds. The lowest BCUT2D eigenvalue weighted by atomic mass is 9.92. The van der Waals surface area contributed by atoms with E-state index in [0.29, 0.717) is 50.4 Å². The van der Waals surface area contributed by atoms with Crippen molar-refractivity contribution >= 4 is 21.6 Å². The third-order valence-corrected chi connectivity index (χ3v) is 7.30. The van der Waals surface area contributed by atoms with Crippen LogP contribution < -0.4 is 5.32 Å². The summed E-state index contributed by atoms with van der Waals surface area (Å²) >= 11 is 0. The summed E-state index contributed by atoms with van der Waals surface area (Å²) in [7, 11) is -3.59. The number of carbonyl (C=O) groups is 1. The van der Waals surface area contributed by atoms with Gasteiger partial charge in [-0.2, -0.15) is 4.31 Å². The summed E-state index contributed by atoms with van der Waals surface area (Å²) in [5, 5.41) is 2.91. The Morgan fingerprint density at radius 2 is 1.82 bits per heavy atom. The first kappa shape index (κ1) is 21.2. The third kappa shape index (κ3) is 5.11. The van der Waals surface area contributed by atoms with Gasteiger partial charge in [-0.05, 0) is 42.9 Å². The molecule has 0 saturated carbocycles. The lowest BCUT2D eigenvalue weighted by Crippen LogP contribution is -2.43. The van der Waals surface area contributed by atoms with E-state index in [4.69, 9.17) is 4.74 Å². The number of anilines is 1. The Hall–Kier alpha value is -1.48. The zero-order valence-electron chi connectivity index (χ0n) is 17.0. The summed E-state index contributed by atoms with van der Waals surface area (Å²) in [5.74, 6) is 1.06. The molecular weight excluding hydrogens is 378 g/mol. The number of nitrogens with zero attached hydrogens (tertiary/aromatic N) is 2. The van der Waals surface area contributed by atoms with Crippen molar-refractivity contribution in [2.45, 2.75) is 32.1 Å². The van der Waals surface area contributed by atoms with Crippen molar-refractivity contribution in [3.63, 3.8) is 0 Å². The normalized spacial score (nSPS) is 24.8.